The quantitative estimate of drug-likeness (QED) is 0.0415. The molecule has 3 aromatic rings. The molecule has 0 atom stereocenters. The Bertz CT molecular complexity index is 2490. The van der Waals surface area contributed by atoms with Crippen LogP contribution in [-0.2, 0) is 8.98 Å². The molecule has 8 nitrogen and oxygen atoms in total. The topological polar surface area (TPSA) is 81.7 Å². The molecule has 0 radical (unpaired) electrons. The summed E-state index contributed by atoms with van der Waals surface area (Å²) in [5.74, 6) is -98.9. The van der Waals surface area contributed by atoms with Crippen LogP contribution in [-0.4, -0.2) is 111 Å². The van der Waals surface area contributed by atoms with Crippen LogP contribution in [0.3, 0.4) is 0 Å². The van der Waals surface area contributed by atoms with Crippen molar-refractivity contribution in [3.8, 4) is 34.5 Å². The molecular formula is C54H63F23O8S. The summed E-state index contributed by atoms with van der Waals surface area (Å²) in [5.41, 5.74) is 0. The molecule has 3 aromatic carbocycles. The van der Waals surface area contributed by atoms with E-state index in [0.717, 1.165) is 48.5 Å². The second-order valence-electron chi connectivity index (χ2n) is 19.2. The van der Waals surface area contributed by atoms with Gasteiger partial charge >= 0.3 is 71.4 Å². The van der Waals surface area contributed by atoms with Crippen molar-refractivity contribution >= 4 is 16.3 Å². The van der Waals surface area contributed by atoms with Crippen LogP contribution in [0.2, 0.25) is 0 Å². The molecule has 0 bridgehead atoms. The Hall–Kier alpha value is -5.33. The van der Waals surface area contributed by atoms with Gasteiger partial charge in [0.05, 0.1) is 39.6 Å². The average Bonchev–Trinajstić information content (AvgIpc) is 0.699. The molecule has 0 spiro atoms. The van der Waals surface area contributed by atoms with Gasteiger partial charge in [-0.15, -0.1) is 0 Å². The SMILES string of the molecule is CCCCOc1cc(OCCCC)c(S(OC(=O)C(F)(F)C(F)(F)C(F)(F)C(F)(F)C(F)(F)C(F)(F)C(F)(F)C(F)(F)C(F)(F)C(F)(F)C(F)(F)F)(c2ccccc2)c2c(OCCCC)cc(OCCCC)cc2OCCCC)c(OCCCC)c1. The Balaban J connectivity index is 2.75. The van der Waals surface area contributed by atoms with Crippen LogP contribution in [0.5, 0.6) is 34.5 Å². The smallest absolute Gasteiger partial charge is 0.460 e. The van der Waals surface area contributed by atoms with E-state index in [-0.39, 0.29) is 76.8 Å². The summed E-state index contributed by atoms with van der Waals surface area (Å²) in [6, 6.07) is 9.33. The van der Waals surface area contributed by atoms with Gasteiger partial charge in [-0.2, -0.15) is 101 Å². The van der Waals surface area contributed by atoms with E-state index in [1.54, 1.807) is 41.5 Å². The fourth-order valence-electron chi connectivity index (χ4n) is 7.37. The second-order valence-corrected chi connectivity index (χ2v) is 21.8. The molecule has 0 N–H and O–H groups in total. The van der Waals surface area contributed by atoms with E-state index in [0.29, 0.717) is 51.4 Å². The first-order valence-electron chi connectivity index (χ1n) is 26.7. The molecule has 0 heterocycles. The van der Waals surface area contributed by atoms with Gasteiger partial charge in [0.1, 0.15) is 44.3 Å². The molecule has 3 rings (SSSR count). The first-order valence-corrected chi connectivity index (χ1v) is 28.3. The lowest BCUT2D eigenvalue weighted by atomic mass is 9.85. The van der Waals surface area contributed by atoms with Crippen LogP contribution >= 0.6 is 10.3 Å². The maximum atomic E-state index is 16.9. The summed E-state index contributed by atoms with van der Waals surface area (Å²) in [6.45, 7) is 8.43. The monoisotopic (exact) mass is 1310 g/mol. The lowest BCUT2D eigenvalue weighted by Gasteiger charge is -2.45. The lowest BCUT2D eigenvalue weighted by molar-refractivity contribution is -0.477. The maximum Gasteiger partial charge on any atom is 0.460 e. The molecule has 86 heavy (non-hydrogen) atoms. The molecular weight excluding hydrogens is 1250 g/mol. The summed E-state index contributed by atoms with van der Waals surface area (Å²) in [4.78, 5) is 12.2. The number of hydrogen-bond donors (Lipinski definition) is 0. The first-order chi connectivity index (χ1) is 39.6. The number of benzene rings is 3. The van der Waals surface area contributed by atoms with Gasteiger partial charge in [0.15, 0.2) is 0 Å². The van der Waals surface area contributed by atoms with Gasteiger partial charge in [-0.1, -0.05) is 98.3 Å². The number of halogens is 23. The van der Waals surface area contributed by atoms with Crippen molar-refractivity contribution in [2.45, 2.75) is 199 Å². The van der Waals surface area contributed by atoms with E-state index in [2.05, 4.69) is 0 Å². The Morgan fingerprint density at radius 3 is 0.849 bits per heavy atom. The van der Waals surface area contributed by atoms with Crippen LogP contribution in [0, 0.1) is 0 Å². The van der Waals surface area contributed by atoms with Crippen LogP contribution in [0.4, 0.5) is 101 Å². The van der Waals surface area contributed by atoms with E-state index >= 15 is 43.9 Å². The van der Waals surface area contributed by atoms with Crippen molar-refractivity contribution in [2.75, 3.05) is 39.6 Å². The van der Waals surface area contributed by atoms with Gasteiger partial charge in [-0.3, -0.25) is 0 Å². The molecule has 0 saturated heterocycles. The Morgan fingerprint density at radius 1 is 0.349 bits per heavy atom. The van der Waals surface area contributed by atoms with E-state index in [9.17, 15) is 61.9 Å². The molecule has 0 aliphatic carbocycles. The van der Waals surface area contributed by atoms with Gasteiger partial charge in [-0.25, -0.2) is 4.79 Å². The highest BCUT2D eigenvalue weighted by molar-refractivity contribution is 8.30. The van der Waals surface area contributed by atoms with E-state index in [4.69, 9.17) is 32.6 Å². The third-order valence-corrected chi connectivity index (χ3v) is 15.8. The maximum absolute atomic E-state index is 16.9. The highest BCUT2D eigenvalue weighted by Crippen LogP contribution is 2.78. The molecule has 0 aromatic heterocycles. The van der Waals surface area contributed by atoms with Gasteiger partial charge < -0.3 is 32.6 Å². The van der Waals surface area contributed by atoms with Crippen LogP contribution < -0.4 is 28.4 Å². The van der Waals surface area contributed by atoms with Crippen molar-refractivity contribution in [1.82, 2.24) is 0 Å². The van der Waals surface area contributed by atoms with E-state index in [1.807, 2.05) is 0 Å². The van der Waals surface area contributed by atoms with Crippen molar-refractivity contribution < 1.29 is 138 Å². The minimum absolute atomic E-state index is 0.0691. The Labute approximate surface area is 481 Å². The summed E-state index contributed by atoms with van der Waals surface area (Å²) in [5, 5.41) is 0. The number of alkyl halides is 23. The zero-order chi connectivity index (χ0) is 65.8. The highest BCUT2D eigenvalue weighted by Gasteiger charge is 2.99. The van der Waals surface area contributed by atoms with Crippen molar-refractivity contribution in [1.29, 1.82) is 0 Å². The largest absolute Gasteiger partial charge is 0.493 e. The molecule has 494 valence electrons. The lowest BCUT2D eigenvalue weighted by Crippen LogP contribution is -2.78. The van der Waals surface area contributed by atoms with Crippen LogP contribution in [0.25, 0.3) is 0 Å². The van der Waals surface area contributed by atoms with Gasteiger partial charge in [0.2, 0.25) is 0 Å². The number of carbonyl (C=O) groups excluding carboxylic acids is 1. The first kappa shape index (κ1) is 74.9. The number of unbranched alkanes of at least 4 members (excludes halogenated alkanes) is 6. The van der Waals surface area contributed by atoms with Gasteiger partial charge in [0, 0.05) is 39.5 Å². The average molecular weight is 1310 g/mol. The minimum Gasteiger partial charge on any atom is -0.493 e. The molecule has 0 aliphatic rings. The van der Waals surface area contributed by atoms with Crippen molar-refractivity contribution in [3.05, 3.63) is 54.6 Å². The normalized spacial score (nSPS) is 14.0. The Kier molecular flexibility index (Phi) is 25.2. The summed E-state index contributed by atoms with van der Waals surface area (Å²) < 4.78 is 383. The third kappa shape index (κ3) is 14.1. The van der Waals surface area contributed by atoms with Crippen molar-refractivity contribution in [3.63, 3.8) is 0 Å². The predicted octanol–water partition coefficient (Wildman–Crippen LogP) is 19.4. The van der Waals surface area contributed by atoms with Gasteiger partial charge in [-0.05, 0) is 50.7 Å². The number of ether oxygens (including phenoxy) is 6. The van der Waals surface area contributed by atoms with E-state index in [1.165, 1.54) is 6.07 Å². The summed E-state index contributed by atoms with van der Waals surface area (Å²) >= 11 is 0. The standard InChI is InChI=1S/C54H63F23O8S/c1-7-13-24-79-34-30-37(81-26-15-9-3)41(38(31-34)82-27-16-10-4)86(36-22-20-19-21-23-36,42-39(83-28-17-11-5)32-35(80-25-14-8-2)33-40(42)84-29-18-12-6)85-43(78)44(55,56)45(57,58)46(59,60)47(61,62)48(63,64)49(65,66)50(67,68)51(69,70)52(71,72)53(73,74)54(75,76)77/h19-23,30-33H,7-18,24-29H2,1-6H3. The zero-order valence-corrected chi connectivity index (χ0v) is 47.6. The fraction of sp³-hybridized carbons (Fsp3) is 0.648. The molecule has 0 amide bonds. The minimum atomic E-state index is -9.66. The third-order valence-electron chi connectivity index (χ3n) is 12.6. The molecule has 0 saturated carbocycles. The number of carbonyl (C=O) groups is 1. The summed E-state index contributed by atoms with van der Waals surface area (Å²) in [6.07, 6.45) is -4.70. The fourth-order valence-corrected chi connectivity index (χ4v) is 10.8. The highest BCUT2D eigenvalue weighted by atomic mass is 32.3. The molecule has 32 heteroatoms. The van der Waals surface area contributed by atoms with Crippen molar-refractivity contribution in [2.24, 2.45) is 0 Å². The molecule has 0 aliphatic heterocycles. The van der Waals surface area contributed by atoms with Gasteiger partial charge in [0.25, 0.3) is 0 Å². The molecule has 0 fully saturated rings. The summed E-state index contributed by atoms with van der Waals surface area (Å²) in [7, 11) is -5.30. The molecule has 0 unspecified atom stereocenters. The number of rotatable bonds is 38. The number of hydrogen-bond acceptors (Lipinski definition) is 8. The Morgan fingerprint density at radius 2 is 0.593 bits per heavy atom. The van der Waals surface area contributed by atoms with E-state index < -0.39 is 119 Å². The second kappa shape index (κ2) is 28.9. The predicted molar refractivity (Wildman–Crippen MR) is 266 cm³/mol. The zero-order valence-electron chi connectivity index (χ0n) is 46.8. The van der Waals surface area contributed by atoms with Crippen LogP contribution in [0.15, 0.2) is 69.3 Å². The van der Waals surface area contributed by atoms with Crippen LogP contribution in [0.1, 0.15) is 119 Å².